The summed E-state index contributed by atoms with van der Waals surface area (Å²) in [7, 11) is 1.90. The molecule has 152 valence electrons. The Morgan fingerprint density at radius 3 is 2.28 bits per heavy atom. The van der Waals surface area contributed by atoms with Crippen molar-refractivity contribution in [3.05, 3.63) is 80.6 Å². The summed E-state index contributed by atoms with van der Waals surface area (Å²) < 4.78 is 7.70. The molecular formula is C23H26ClN3O2. The zero-order valence-electron chi connectivity index (χ0n) is 17.5. The second-order valence-electron chi connectivity index (χ2n) is 7.31. The lowest BCUT2D eigenvalue weighted by Gasteiger charge is -2.11. The van der Waals surface area contributed by atoms with Crippen LogP contribution >= 0.6 is 11.6 Å². The van der Waals surface area contributed by atoms with Crippen LogP contribution in [0.2, 0.25) is 5.02 Å². The number of rotatable bonds is 6. The monoisotopic (exact) mass is 411 g/mol. The van der Waals surface area contributed by atoms with Gasteiger partial charge in [0, 0.05) is 35.4 Å². The van der Waals surface area contributed by atoms with Crippen molar-refractivity contribution < 1.29 is 9.53 Å². The van der Waals surface area contributed by atoms with Gasteiger partial charge in [0.15, 0.2) is 0 Å². The Hall–Kier alpha value is -2.79. The Morgan fingerprint density at radius 2 is 1.72 bits per heavy atom. The number of halogens is 1. The molecule has 0 aliphatic rings. The minimum atomic E-state index is -0.107. The molecule has 6 heteroatoms. The molecule has 1 heterocycles. The van der Waals surface area contributed by atoms with E-state index in [0.29, 0.717) is 18.7 Å². The van der Waals surface area contributed by atoms with Crippen molar-refractivity contribution in [1.29, 1.82) is 0 Å². The van der Waals surface area contributed by atoms with Crippen LogP contribution in [0, 0.1) is 27.7 Å². The largest absolute Gasteiger partial charge is 0.489 e. The molecule has 3 aromatic rings. The zero-order valence-corrected chi connectivity index (χ0v) is 18.2. The minimum absolute atomic E-state index is 0.107. The molecule has 0 aliphatic heterocycles. The molecule has 0 spiro atoms. The first-order valence-corrected chi connectivity index (χ1v) is 9.90. The lowest BCUT2D eigenvalue weighted by Crippen LogP contribution is -2.23. The molecule has 0 saturated carbocycles. The average Bonchev–Trinajstić information content (AvgIpc) is 2.94. The maximum Gasteiger partial charge on any atom is 0.251 e. The molecule has 0 atom stereocenters. The maximum absolute atomic E-state index is 12.5. The van der Waals surface area contributed by atoms with Gasteiger partial charge in [0.25, 0.3) is 5.91 Å². The number of aryl methyl sites for hydroxylation is 4. The van der Waals surface area contributed by atoms with E-state index in [2.05, 4.69) is 10.4 Å². The Labute approximate surface area is 176 Å². The number of nitrogens with zero attached hydrogens (tertiary/aromatic N) is 2. The Morgan fingerprint density at radius 1 is 1.10 bits per heavy atom. The van der Waals surface area contributed by atoms with Crippen molar-refractivity contribution in [1.82, 2.24) is 15.1 Å². The molecule has 1 amide bonds. The van der Waals surface area contributed by atoms with Gasteiger partial charge in [-0.2, -0.15) is 5.10 Å². The second kappa shape index (κ2) is 8.70. The maximum atomic E-state index is 12.5. The first kappa shape index (κ1) is 20.9. The van der Waals surface area contributed by atoms with E-state index in [1.54, 1.807) is 0 Å². The Bertz CT molecular complexity index is 1020. The third kappa shape index (κ3) is 4.80. The molecule has 29 heavy (non-hydrogen) atoms. The molecule has 0 saturated heterocycles. The molecule has 0 radical (unpaired) electrons. The van der Waals surface area contributed by atoms with Gasteiger partial charge in [0.1, 0.15) is 12.4 Å². The highest BCUT2D eigenvalue weighted by molar-refractivity contribution is 6.32. The van der Waals surface area contributed by atoms with Crippen LogP contribution in [0.4, 0.5) is 0 Å². The fourth-order valence-electron chi connectivity index (χ4n) is 3.25. The lowest BCUT2D eigenvalue weighted by atomic mass is 10.1. The van der Waals surface area contributed by atoms with Gasteiger partial charge in [-0.3, -0.25) is 9.48 Å². The summed E-state index contributed by atoms with van der Waals surface area (Å²) in [6.45, 7) is 8.77. The van der Waals surface area contributed by atoms with E-state index in [1.165, 1.54) is 0 Å². The summed E-state index contributed by atoms with van der Waals surface area (Å²) in [5, 5.41) is 8.12. The number of amides is 1. The van der Waals surface area contributed by atoms with Crippen LogP contribution in [-0.2, 0) is 20.2 Å². The molecule has 2 aromatic carbocycles. The number of ether oxygens (including phenoxy) is 1. The fraction of sp³-hybridized carbons (Fsp3) is 0.304. The quantitative estimate of drug-likeness (QED) is 0.632. The first-order chi connectivity index (χ1) is 13.8. The number of hydrogen-bond acceptors (Lipinski definition) is 3. The highest BCUT2D eigenvalue weighted by Crippen LogP contribution is 2.26. The van der Waals surface area contributed by atoms with E-state index in [-0.39, 0.29) is 5.91 Å². The Balaban J connectivity index is 1.59. The van der Waals surface area contributed by atoms with Crippen LogP contribution in [0.5, 0.6) is 5.75 Å². The van der Waals surface area contributed by atoms with Crippen LogP contribution in [0.3, 0.4) is 0 Å². The molecule has 5 nitrogen and oxygen atoms in total. The van der Waals surface area contributed by atoms with Gasteiger partial charge in [-0.1, -0.05) is 23.7 Å². The zero-order chi connectivity index (χ0) is 21.1. The van der Waals surface area contributed by atoms with Crippen molar-refractivity contribution in [2.45, 2.75) is 40.8 Å². The van der Waals surface area contributed by atoms with Crippen LogP contribution in [0.1, 0.15) is 44.0 Å². The van der Waals surface area contributed by atoms with Gasteiger partial charge in [-0.15, -0.1) is 0 Å². The third-order valence-corrected chi connectivity index (χ3v) is 5.71. The summed E-state index contributed by atoms with van der Waals surface area (Å²) in [4.78, 5) is 12.5. The van der Waals surface area contributed by atoms with Crippen molar-refractivity contribution in [2.24, 2.45) is 7.05 Å². The van der Waals surface area contributed by atoms with Gasteiger partial charge in [-0.05, 0) is 68.7 Å². The lowest BCUT2D eigenvalue weighted by molar-refractivity contribution is 0.0951. The van der Waals surface area contributed by atoms with Crippen molar-refractivity contribution in [3.63, 3.8) is 0 Å². The van der Waals surface area contributed by atoms with Crippen LogP contribution in [0.25, 0.3) is 0 Å². The fourth-order valence-corrected chi connectivity index (χ4v) is 3.36. The molecule has 1 aromatic heterocycles. The van der Waals surface area contributed by atoms with E-state index in [1.807, 2.05) is 75.8 Å². The normalized spacial score (nSPS) is 10.8. The number of nitrogens with one attached hydrogen (secondary N) is 1. The number of carbonyl (C=O) groups is 1. The summed E-state index contributed by atoms with van der Waals surface area (Å²) in [6, 6.07) is 11.3. The Kier molecular flexibility index (Phi) is 6.28. The smallest absolute Gasteiger partial charge is 0.251 e. The molecule has 3 rings (SSSR count). The van der Waals surface area contributed by atoms with Crippen LogP contribution in [0.15, 0.2) is 36.4 Å². The molecular weight excluding hydrogens is 386 g/mol. The van der Waals surface area contributed by atoms with Crippen LogP contribution in [-0.4, -0.2) is 15.7 Å². The number of aromatic nitrogens is 2. The standard InChI is InChI=1S/C23H26ClN3O2/c1-14-10-20(11-15(2)22(14)24)29-13-18-6-8-19(9-7-18)23(28)25-12-21-16(3)26-27(5)17(21)4/h6-11H,12-13H2,1-5H3,(H,25,28). The van der Waals surface area contributed by atoms with Crippen molar-refractivity contribution >= 4 is 17.5 Å². The number of carbonyl (C=O) groups excluding carboxylic acids is 1. The topological polar surface area (TPSA) is 56.1 Å². The third-order valence-electron chi connectivity index (χ3n) is 5.12. The van der Waals surface area contributed by atoms with Gasteiger partial charge < -0.3 is 10.1 Å². The molecule has 0 fully saturated rings. The van der Waals surface area contributed by atoms with Gasteiger partial charge in [0.2, 0.25) is 0 Å². The van der Waals surface area contributed by atoms with Crippen LogP contribution < -0.4 is 10.1 Å². The number of hydrogen-bond donors (Lipinski definition) is 1. The highest BCUT2D eigenvalue weighted by Gasteiger charge is 2.12. The van der Waals surface area contributed by atoms with E-state index in [9.17, 15) is 4.79 Å². The molecule has 0 bridgehead atoms. The predicted octanol–water partition coefficient (Wildman–Crippen LogP) is 4.82. The van der Waals surface area contributed by atoms with Gasteiger partial charge >= 0.3 is 0 Å². The van der Waals surface area contributed by atoms with Crippen molar-refractivity contribution in [2.75, 3.05) is 0 Å². The minimum Gasteiger partial charge on any atom is -0.489 e. The predicted molar refractivity (Wildman–Crippen MR) is 116 cm³/mol. The summed E-state index contributed by atoms with van der Waals surface area (Å²) in [5.41, 5.74) is 6.64. The summed E-state index contributed by atoms with van der Waals surface area (Å²) >= 11 is 6.20. The van der Waals surface area contributed by atoms with Gasteiger partial charge in [0.05, 0.1) is 5.69 Å². The number of benzene rings is 2. The van der Waals surface area contributed by atoms with Crippen molar-refractivity contribution in [3.8, 4) is 5.75 Å². The van der Waals surface area contributed by atoms with E-state index < -0.39 is 0 Å². The molecule has 1 N–H and O–H groups in total. The van der Waals surface area contributed by atoms with E-state index in [0.717, 1.165) is 44.4 Å². The van der Waals surface area contributed by atoms with Gasteiger partial charge in [-0.25, -0.2) is 0 Å². The average molecular weight is 412 g/mol. The SMILES string of the molecule is Cc1cc(OCc2ccc(C(=O)NCc3c(C)nn(C)c3C)cc2)cc(C)c1Cl. The van der Waals surface area contributed by atoms with E-state index in [4.69, 9.17) is 16.3 Å². The first-order valence-electron chi connectivity index (χ1n) is 9.52. The highest BCUT2D eigenvalue weighted by atomic mass is 35.5. The second-order valence-corrected chi connectivity index (χ2v) is 7.69. The molecule has 0 aliphatic carbocycles. The summed E-state index contributed by atoms with van der Waals surface area (Å²) in [6.07, 6.45) is 0. The van der Waals surface area contributed by atoms with E-state index >= 15 is 0 Å². The molecule has 0 unspecified atom stereocenters. The summed E-state index contributed by atoms with van der Waals surface area (Å²) in [5.74, 6) is 0.678.